The molecule has 0 radical (unpaired) electrons. The Labute approximate surface area is 174 Å². The first-order valence-electron chi connectivity index (χ1n) is 9.04. The summed E-state index contributed by atoms with van der Waals surface area (Å²) in [5, 5.41) is 13.6. The summed E-state index contributed by atoms with van der Waals surface area (Å²) >= 11 is 2.43. The molecule has 1 saturated carbocycles. The molecule has 0 atom stereocenters. The Morgan fingerprint density at radius 3 is 2.97 bits per heavy atom. The average Bonchev–Trinajstić information content (AvgIpc) is 3.09. The number of thioether (sulfide) groups is 1. The van der Waals surface area contributed by atoms with Crippen LogP contribution < -0.4 is 11.2 Å². The van der Waals surface area contributed by atoms with Crippen molar-refractivity contribution in [3.63, 3.8) is 0 Å². The Bertz CT molecular complexity index is 1020. The number of carbonyl (C=O) groups is 2. The highest BCUT2D eigenvalue weighted by molar-refractivity contribution is 7.99. The maximum absolute atomic E-state index is 12.5. The fourth-order valence-electron chi connectivity index (χ4n) is 2.77. The van der Waals surface area contributed by atoms with Crippen molar-refractivity contribution in [2.45, 2.75) is 30.8 Å². The molecule has 1 fully saturated rings. The van der Waals surface area contributed by atoms with Gasteiger partial charge in [0.1, 0.15) is 16.3 Å². The Morgan fingerprint density at radius 1 is 1.45 bits per heavy atom. The van der Waals surface area contributed by atoms with E-state index < -0.39 is 5.97 Å². The third-order valence-corrected chi connectivity index (χ3v) is 6.11. The van der Waals surface area contributed by atoms with E-state index in [-0.39, 0.29) is 23.8 Å². The quantitative estimate of drug-likeness (QED) is 0.315. The summed E-state index contributed by atoms with van der Waals surface area (Å²) in [7, 11) is 0. The molecule has 3 N–H and O–H groups in total. The van der Waals surface area contributed by atoms with E-state index in [0.717, 1.165) is 18.7 Å². The van der Waals surface area contributed by atoms with Gasteiger partial charge in [-0.15, -0.1) is 21.5 Å². The highest BCUT2D eigenvalue weighted by Crippen LogP contribution is 2.39. The topological polar surface area (TPSA) is 125 Å². The standard InChI is InChI=1S/C18H19N5O4S2/c1-2-26-17(25)14-11(12-4-3-7-27-12)8-28-16(14)20-13(24)9-29-18-22-21-15(23(18)19)10-5-6-10/h3-4,7-8,10H,2,5-6,9,19H2,1H3,(H,20,24). The normalized spacial score (nSPS) is 13.4. The first-order valence-corrected chi connectivity index (χ1v) is 10.9. The zero-order valence-electron chi connectivity index (χ0n) is 15.6. The second kappa shape index (κ2) is 8.29. The van der Waals surface area contributed by atoms with E-state index in [4.69, 9.17) is 15.0 Å². The number of carbonyl (C=O) groups excluding carboxylic acids is 2. The monoisotopic (exact) mass is 433 g/mol. The van der Waals surface area contributed by atoms with Gasteiger partial charge in [-0.25, -0.2) is 9.47 Å². The first kappa shape index (κ1) is 19.5. The minimum absolute atomic E-state index is 0.0796. The summed E-state index contributed by atoms with van der Waals surface area (Å²) in [5.41, 5.74) is 0.861. The molecular weight excluding hydrogens is 414 g/mol. The molecule has 29 heavy (non-hydrogen) atoms. The molecule has 0 aromatic carbocycles. The SMILES string of the molecule is CCOC(=O)c1c(-c2ccco2)csc1NC(=O)CSc1nnc(C2CC2)n1N. The number of rotatable bonds is 8. The van der Waals surface area contributed by atoms with Crippen molar-refractivity contribution in [3.8, 4) is 11.3 Å². The number of amides is 1. The van der Waals surface area contributed by atoms with Crippen LogP contribution >= 0.6 is 23.1 Å². The van der Waals surface area contributed by atoms with Crippen LogP contribution in [0.1, 0.15) is 41.9 Å². The van der Waals surface area contributed by atoms with Crippen LogP contribution in [0.15, 0.2) is 33.3 Å². The predicted octanol–water partition coefficient (Wildman–Crippen LogP) is 3.10. The summed E-state index contributed by atoms with van der Waals surface area (Å²) in [6.07, 6.45) is 3.65. The molecule has 0 unspecified atom stereocenters. The second-order valence-corrected chi connectivity index (χ2v) is 8.20. The molecule has 3 heterocycles. The van der Waals surface area contributed by atoms with Crippen LogP contribution in [-0.4, -0.2) is 39.1 Å². The lowest BCUT2D eigenvalue weighted by Gasteiger charge is -2.08. The maximum Gasteiger partial charge on any atom is 0.341 e. The Morgan fingerprint density at radius 2 is 2.28 bits per heavy atom. The Kier molecular flexibility index (Phi) is 5.58. The van der Waals surface area contributed by atoms with E-state index in [2.05, 4.69) is 15.5 Å². The van der Waals surface area contributed by atoms with Gasteiger partial charge in [-0.1, -0.05) is 11.8 Å². The van der Waals surface area contributed by atoms with Crippen LogP contribution in [0.3, 0.4) is 0 Å². The molecule has 11 heteroatoms. The molecule has 152 valence electrons. The molecular formula is C18H19N5O4S2. The summed E-state index contributed by atoms with van der Waals surface area (Å²) in [5.74, 6) is 6.93. The number of hydrogen-bond donors (Lipinski definition) is 2. The summed E-state index contributed by atoms with van der Waals surface area (Å²) < 4.78 is 12.0. The zero-order chi connectivity index (χ0) is 20.4. The molecule has 1 aliphatic rings. The van der Waals surface area contributed by atoms with Crippen LogP contribution in [0.25, 0.3) is 11.3 Å². The van der Waals surface area contributed by atoms with Gasteiger partial charge in [-0.2, -0.15) is 0 Å². The van der Waals surface area contributed by atoms with Crippen LogP contribution in [-0.2, 0) is 9.53 Å². The van der Waals surface area contributed by atoms with Crippen LogP contribution in [0.5, 0.6) is 0 Å². The van der Waals surface area contributed by atoms with E-state index in [1.54, 1.807) is 24.4 Å². The lowest BCUT2D eigenvalue weighted by molar-refractivity contribution is -0.113. The number of furan rings is 1. The van der Waals surface area contributed by atoms with Crippen molar-refractivity contribution in [2.24, 2.45) is 0 Å². The van der Waals surface area contributed by atoms with Crippen molar-refractivity contribution in [2.75, 3.05) is 23.5 Å². The third-order valence-electron chi connectivity index (χ3n) is 4.28. The van der Waals surface area contributed by atoms with Crippen molar-refractivity contribution in [1.29, 1.82) is 0 Å². The van der Waals surface area contributed by atoms with E-state index in [9.17, 15) is 9.59 Å². The van der Waals surface area contributed by atoms with Gasteiger partial charge in [-0.05, 0) is 31.9 Å². The van der Waals surface area contributed by atoms with E-state index in [0.29, 0.717) is 27.4 Å². The predicted molar refractivity (Wildman–Crippen MR) is 109 cm³/mol. The van der Waals surface area contributed by atoms with Gasteiger partial charge in [0.05, 0.1) is 18.6 Å². The highest BCUT2D eigenvalue weighted by atomic mass is 32.2. The zero-order valence-corrected chi connectivity index (χ0v) is 17.2. The summed E-state index contributed by atoms with van der Waals surface area (Å²) in [6, 6.07) is 3.48. The number of thiophene rings is 1. The lowest BCUT2D eigenvalue weighted by atomic mass is 10.1. The van der Waals surface area contributed by atoms with Crippen molar-refractivity contribution in [3.05, 3.63) is 35.2 Å². The number of aromatic nitrogens is 3. The van der Waals surface area contributed by atoms with Gasteiger partial charge in [-0.3, -0.25) is 4.79 Å². The van der Waals surface area contributed by atoms with Gasteiger partial charge in [0, 0.05) is 16.9 Å². The van der Waals surface area contributed by atoms with Gasteiger partial charge < -0.3 is 20.3 Å². The van der Waals surface area contributed by atoms with Gasteiger partial charge in [0.2, 0.25) is 11.1 Å². The van der Waals surface area contributed by atoms with E-state index in [1.165, 1.54) is 34.0 Å². The molecule has 3 aromatic rings. The molecule has 0 aliphatic heterocycles. The molecule has 1 amide bonds. The summed E-state index contributed by atoms with van der Waals surface area (Å²) in [6.45, 7) is 1.95. The minimum Gasteiger partial charge on any atom is -0.464 e. The number of hydrogen-bond acceptors (Lipinski definition) is 9. The smallest absolute Gasteiger partial charge is 0.341 e. The Hall–Kier alpha value is -2.79. The number of nitrogen functional groups attached to an aromatic ring is 1. The molecule has 0 spiro atoms. The second-order valence-electron chi connectivity index (χ2n) is 6.37. The van der Waals surface area contributed by atoms with Crippen LogP contribution in [0.4, 0.5) is 5.00 Å². The number of nitrogens with two attached hydrogens (primary N) is 1. The molecule has 0 bridgehead atoms. The summed E-state index contributed by atoms with van der Waals surface area (Å²) in [4.78, 5) is 24.9. The largest absolute Gasteiger partial charge is 0.464 e. The van der Waals surface area contributed by atoms with E-state index >= 15 is 0 Å². The molecule has 4 rings (SSSR count). The Balaban J connectivity index is 1.47. The number of anilines is 1. The fourth-order valence-corrected chi connectivity index (χ4v) is 4.39. The molecule has 3 aromatic heterocycles. The fraction of sp³-hybridized carbons (Fsp3) is 0.333. The van der Waals surface area contributed by atoms with E-state index in [1.807, 2.05) is 0 Å². The first-order chi connectivity index (χ1) is 14.1. The van der Waals surface area contributed by atoms with Gasteiger partial charge in [0.15, 0.2) is 5.82 Å². The number of nitrogens with one attached hydrogen (secondary N) is 1. The maximum atomic E-state index is 12.5. The third kappa shape index (κ3) is 4.15. The van der Waals surface area contributed by atoms with Crippen molar-refractivity contribution < 1.29 is 18.7 Å². The number of nitrogens with zero attached hydrogens (tertiary/aromatic N) is 3. The van der Waals surface area contributed by atoms with Crippen LogP contribution in [0.2, 0.25) is 0 Å². The van der Waals surface area contributed by atoms with Crippen molar-refractivity contribution >= 4 is 40.0 Å². The molecule has 1 aliphatic carbocycles. The molecule has 0 saturated heterocycles. The van der Waals surface area contributed by atoms with Gasteiger partial charge >= 0.3 is 5.97 Å². The number of ether oxygens (including phenoxy) is 1. The molecule has 9 nitrogen and oxygen atoms in total. The van der Waals surface area contributed by atoms with Gasteiger partial charge in [0.25, 0.3) is 0 Å². The number of esters is 1. The van der Waals surface area contributed by atoms with Crippen LogP contribution in [0, 0.1) is 0 Å². The average molecular weight is 434 g/mol. The highest BCUT2D eigenvalue weighted by Gasteiger charge is 2.30. The lowest BCUT2D eigenvalue weighted by Crippen LogP contribution is -2.18. The minimum atomic E-state index is -0.515. The van der Waals surface area contributed by atoms with Crippen molar-refractivity contribution in [1.82, 2.24) is 14.9 Å².